The molecule has 0 saturated heterocycles. The van der Waals surface area contributed by atoms with Crippen LogP contribution in [-0.2, 0) is 14.3 Å². The third-order valence-electron chi connectivity index (χ3n) is 2.71. The minimum absolute atomic E-state index is 0.0105. The molecule has 1 aromatic carbocycles. The van der Waals surface area contributed by atoms with E-state index in [-0.39, 0.29) is 29.2 Å². The average Bonchev–Trinajstić information content (AvgIpc) is 2.46. The Morgan fingerprint density at radius 2 is 1.84 bits per heavy atom. The van der Waals surface area contributed by atoms with Gasteiger partial charge in [-0.05, 0) is 39.0 Å². The maximum absolute atomic E-state index is 11.9. The van der Waals surface area contributed by atoms with Crippen LogP contribution in [0.3, 0.4) is 0 Å². The summed E-state index contributed by atoms with van der Waals surface area (Å²) in [5.74, 6) is -3.37. The van der Waals surface area contributed by atoms with Gasteiger partial charge in [0.05, 0.1) is 11.3 Å². The summed E-state index contributed by atoms with van der Waals surface area (Å²) in [5.41, 5.74) is -0.852. The normalized spacial score (nSPS) is 10.7. The van der Waals surface area contributed by atoms with Gasteiger partial charge in [-0.2, -0.15) is 0 Å². The molecule has 0 bridgehead atoms. The largest absolute Gasteiger partial charge is 0.475 e. The van der Waals surface area contributed by atoms with Gasteiger partial charge < -0.3 is 20.5 Å². The maximum atomic E-state index is 11.9. The molecular formula is C16H19ClN2O6. The minimum Gasteiger partial charge on any atom is -0.475 e. The first-order valence-corrected chi connectivity index (χ1v) is 7.71. The number of carboxylic acids is 1. The fraction of sp³-hybridized carbons (Fsp3) is 0.375. The Hall–Kier alpha value is -2.61. The van der Waals surface area contributed by atoms with E-state index in [1.165, 1.54) is 12.1 Å². The number of amides is 2. The van der Waals surface area contributed by atoms with Crippen molar-refractivity contribution in [2.45, 2.75) is 32.8 Å². The predicted octanol–water partition coefficient (Wildman–Crippen LogP) is 2.46. The number of ketones is 1. The van der Waals surface area contributed by atoms with Crippen molar-refractivity contribution in [1.29, 1.82) is 0 Å². The lowest BCUT2D eigenvalue weighted by atomic mass is 10.1. The molecule has 1 aromatic rings. The van der Waals surface area contributed by atoms with E-state index in [2.05, 4.69) is 10.6 Å². The van der Waals surface area contributed by atoms with E-state index in [1.54, 1.807) is 20.8 Å². The highest BCUT2D eigenvalue weighted by molar-refractivity contribution is 6.42. The molecular weight excluding hydrogens is 352 g/mol. The highest BCUT2D eigenvalue weighted by Gasteiger charge is 2.20. The first-order chi connectivity index (χ1) is 11.5. The number of nitrogens with one attached hydrogen (secondary N) is 2. The Morgan fingerprint density at radius 1 is 1.20 bits per heavy atom. The van der Waals surface area contributed by atoms with Gasteiger partial charge in [0.25, 0.3) is 5.78 Å². The molecule has 3 N–H and O–H groups in total. The smallest absolute Gasteiger partial charge is 0.407 e. The van der Waals surface area contributed by atoms with E-state index in [0.717, 1.165) is 6.07 Å². The van der Waals surface area contributed by atoms with Crippen LogP contribution < -0.4 is 10.6 Å². The van der Waals surface area contributed by atoms with Crippen molar-refractivity contribution >= 4 is 41.0 Å². The van der Waals surface area contributed by atoms with Crippen LogP contribution >= 0.6 is 11.6 Å². The van der Waals surface area contributed by atoms with Crippen molar-refractivity contribution in [2.24, 2.45) is 0 Å². The fourth-order valence-electron chi connectivity index (χ4n) is 1.73. The molecule has 0 heterocycles. The predicted molar refractivity (Wildman–Crippen MR) is 90.9 cm³/mol. The number of anilines is 1. The lowest BCUT2D eigenvalue weighted by molar-refractivity contribution is -0.131. The van der Waals surface area contributed by atoms with Crippen molar-refractivity contribution in [3.63, 3.8) is 0 Å². The van der Waals surface area contributed by atoms with Crippen LogP contribution in [0.15, 0.2) is 18.2 Å². The number of aliphatic carboxylic acids is 1. The number of carboxylic acid groups (broad SMARTS) is 1. The van der Waals surface area contributed by atoms with E-state index in [4.69, 9.17) is 21.4 Å². The van der Waals surface area contributed by atoms with Gasteiger partial charge >= 0.3 is 12.1 Å². The molecule has 0 spiro atoms. The Balaban J connectivity index is 2.65. The molecule has 136 valence electrons. The second-order valence-electron chi connectivity index (χ2n) is 6.05. The molecule has 0 aromatic heterocycles. The number of Topliss-reactive ketones (excluding diaryl/α,β-unsaturated/α-hetero) is 1. The summed E-state index contributed by atoms with van der Waals surface area (Å²) in [4.78, 5) is 45.9. The zero-order valence-electron chi connectivity index (χ0n) is 14.0. The topological polar surface area (TPSA) is 122 Å². The van der Waals surface area contributed by atoms with Gasteiger partial charge in [0.1, 0.15) is 5.60 Å². The average molecular weight is 371 g/mol. The van der Waals surface area contributed by atoms with E-state index in [9.17, 15) is 19.2 Å². The van der Waals surface area contributed by atoms with Gasteiger partial charge in [-0.3, -0.25) is 9.59 Å². The van der Waals surface area contributed by atoms with E-state index in [0.29, 0.717) is 0 Å². The second kappa shape index (κ2) is 8.48. The number of carbonyl (C=O) groups excluding carboxylic acids is 3. The first-order valence-electron chi connectivity index (χ1n) is 7.33. The van der Waals surface area contributed by atoms with Crippen LogP contribution in [0.25, 0.3) is 0 Å². The summed E-state index contributed by atoms with van der Waals surface area (Å²) in [6, 6.07) is 3.90. The highest BCUT2D eigenvalue weighted by atomic mass is 35.5. The van der Waals surface area contributed by atoms with Crippen molar-refractivity contribution in [3.8, 4) is 0 Å². The number of ether oxygens (including phenoxy) is 1. The zero-order valence-corrected chi connectivity index (χ0v) is 14.8. The van der Waals surface area contributed by atoms with Crippen LogP contribution in [0.2, 0.25) is 5.02 Å². The monoisotopic (exact) mass is 370 g/mol. The molecule has 1 rings (SSSR count). The molecule has 25 heavy (non-hydrogen) atoms. The van der Waals surface area contributed by atoms with Crippen LogP contribution in [0, 0.1) is 0 Å². The molecule has 0 fully saturated rings. The number of carbonyl (C=O) groups is 4. The Kier molecular flexibility index (Phi) is 6.93. The van der Waals surface area contributed by atoms with Crippen LogP contribution in [-0.4, -0.2) is 41.0 Å². The minimum atomic E-state index is -1.66. The Bertz CT molecular complexity index is 696. The maximum Gasteiger partial charge on any atom is 0.407 e. The zero-order chi connectivity index (χ0) is 19.2. The van der Waals surface area contributed by atoms with Gasteiger partial charge in [0.15, 0.2) is 0 Å². The molecule has 0 aliphatic rings. The third-order valence-corrected chi connectivity index (χ3v) is 2.95. The standard InChI is InChI=1S/C16H19ClN2O6/c1-16(2,3)25-15(24)18-7-6-12(20)19-11-5-4-9(17)8-10(11)13(21)14(22)23/h4-5,8H,6-7H2,1-3H3,(H,18,24)(H,19,20)(H,22,23). The first kappa shape index (κ1) is 20.4. The van der Waals surface area contributed by atoms with E-state index >= 15 is 0 Å². The summed E-state index contributed by atoms with van der Waals surface area (Å²) >= 11 is 5.75. The molecule has 0 saturated carbocycles. The van der Waals surface area contributed by atoms with Gasteiger partial charge in [-0.25, -0.2) is 9.59 Å². The molecule has 0 unspecified atom stereocenters. The van der Waals surface area contributed by atoms with Gasteiger partial charge in [0.2, 0.25) is 5.91 Å². The third kappa shape index (κ3) is 7.21. The van der Waals surface area contributed by atoms with Crippen LogP contribution in [0.1, 0.15) is 37.6 Å². The molecule has 2 amide bonds. The van der Waals surface area contributed by atoms with Gasteiger partial charge in [0, 0.05) is 18.0 Å². The Morgan fingerprint density at radius 3 is 2.40 bits per heavy atom. The van der Waals surface area contributed by atoms with E-state index in [1.807, 2.05) is 0 Å². The summed E-state index contributed by atoms with van der Waals surface area (Å²) in [6.07, 6.45) is -0.753. The number of benzene rings is 1. The lowest BCUT2D eigenvalue weighted by Crippen LogP contribution is -2.34. The SMILES string of the molecule is CC(C)(C)OC(=O)NCCC(=O)Nc1ccc(Cl)cc1C(=O)C(=O)O. The van der Waals surface area contributed by atoms with Crippen molar-refractivity contribution in [3.05, 3.63) is 28.8 Å². The summed E-state index contributed by atoms with van der Waals surface area (Å²) < 4.78 is 5.02. The number of rotatable bonds is 6. The van der Waals surface area contributed by atoms with Crippen molar-refractivity contribution in [2.75, 3.05) is 11.9 Å². The number of hydrogen-bond acceptors (Lipinski definition) is 5. The van der Waals surface area contributed by atoms with Crippen LogP contribution in [0.4, 0.5) is 10.5 Å². The molecule has 0 aliphatic carbocycles. The van der Waals surface area contributed by atoms with Gasteiger partial charge in [-0.15, -0.1) is 0 Å². The molecule has 9 heteroatoms. The van der Waals surface area contributed by atoms with Crippen molar-refractivity contribution < 1.29 is 29.0 Å². The quantitative estimate of drug-likeness (QED) is 0.522. The fourth-order valence-corrected chi connectivity index (χ4v) is 1.91. The van der Waals surface area contributed by atoms with Crippen molar-refractivity contribution in [1.82, 2.24) is 5.32 Å². The number of hydrogen-bond donors (Lipinski definition) is 3. The van der Waals surface area contributed by atoms with Gasteiger partial charge in [-0.1, -0.05) is 11.6 Å². The molecule has 8 nitrogen and oxygen atoms in total. The van der Waals surface area contributed by atoms with E-state index < -0.39 is 29.4 Å². The molecule has 0 radical (unpaired) electrons. The molecule has 0 atom stereocenters. The lowest BCUT2D eigenvalue weighted by Gasteiger charge is -2.19. The number of alkyl carbamates (subject to hydrolysis) is 1. The molecule has 0 aliphatic heterocycles. The summed E-state index contributed by atoms with van der Waals surface area (Å²) in [5, 5.41) is 13.8. The summed E-state index contributed by atoms with van der Waals surface area (Å²) in [7, 11) is 0. The summed E-state index contributed by atoms with van der Waals surface area (Å²) in [6.45, 7) is 5.14. The van der Waals surface area contributed by atoms with Crippen LogP contribution in [0.5, 0.6) is 0 Å². The highest BCUT2D eigenvalue weighted by Crippen LogP contribution is 2.21. The Labute approximate surface area is 149 Å². The number of halogens is 1. The second-order valence-corrected chi connectivity index (χ2v) is 6.49.